The van der Waals surface area contributed by atoms with Gasteiger partial charge in [0.05, 0.1) is 31.6 Å². The van der Waals surface area contributed by atoms with Gasteiger partial charge in [0.15, 0.2) is 0 Å². The molecule has 0 spiro atoms. The van der Waals surface area contributed by atoms with Crippen LogP contribution in [-0.2, 0) is 25.6 Å². The molecule has 1 heterocycles. The highest BCUT2D eigenvalue weighted by Crippen LogP contribution is 2.38. The summed E-state index contributed by atoms with van der Waals surface area (Å²) in [5.41, 5.74) is 1.78. The number of hydrogen-bond acceptors (Lipinski definition) is 7. The van der Waals surface area contributed by atoms with Crippen molar-refractivity contribution in [1.82, 2.24) is 5.32 Å². The molecule has 7 nitrogen and oxygen atoms in total. The Balaban J connectivity index is 2.04. The number of halogens is 2. The molecule has 0 unspecified atom stereocenters. The predicted molar refractivity (Wildman–Crippen MR) is 129 cm³/mol. The fourth-order valence-corrected chi connectivity index (χ4v) is 5.40. The van der Waals surface area contributed by atoms with Crippen LogP contribution in [0.15, 0.2) is 56.8 Å². The van der Waals surface area contributed by atoms with Gasteiger partial charge in [0.2, 0.25) is 0 Å². The van der Waals surface area contributed by atoms with E-state index in [1.54, 1.807) is 23.3 Å². The molecule has 0 saturated heterocycles. The van der Waals surface area contributed by atoms with Crippen molar-refractivity contribution in [3.05, 3.63) is 62.3 Å². The Hall–Kier alpha value is -1.94. The molecule has 1 saturated carbocycles. The summed E-state index contributed by atoms with van der Waals surface area (Å²) < 4.78 is 11.5. The molecule has 1 aromatic rings. The van der Waals surface area contributed by atoms with E-state index in [-0.39, 0.29) is 17.4 Å². The molecule has 32 heavy (non-hydrogen) atoms. The maximum Gasteiger partial charge on any atom is 0.355 e. The largest absolute Gasteiger partial charge is 0.465 e. The van der Waals surface area contributed by atoms with Crippen LogP contribution in [0.3, 0.4) is 0 Å². The highest BCUT2D eigenvalue weighted by atomic mass is 79.9. The summed E-state index contributed by atoms with van der Waals surface area (Å²) in [7, 11) is 2.55. The van der Waals surface area contributed by atoms with E-state index in [1.165, 1.54) is 20.3 Å². The molecular formula is C23H26Br2N2O5. The van der Waals surface area contributed by atoms with Crippen molar-refractivity contribution in [3.63, 3.8) is 0 Å². The van der Waals surface area contributed by atoms with Gasteiger partial charge in [-0.15, -0.1) is 0 Å². The third-order valence-corrected chi connectivity index (χ3v) is 6.58. The van der Waals surface area contributed by atoms with Crippen LogP contribution < -0.4 is 10.2 Å². The number of aliphatic hydroxyl groups is 1. The molecule has 1 fully saturated rings. The smallest absolute Gasteiger partial charge is 0.355 e. The maximum atomic E-state index is 12.8. The summed E-state index contributed by atoms with van der Waals surface area (Å²) in [4.78, 5) is 26.9. The number of nitrogens with zero attached hydrogens (tertiary/aromatic N) is 1. The zero-order valence-corrected chi connectivity index (χ0v) is 21.1. The van der Waals surface area contributed by atoms with Crippen molar-refractivity contribution < 1.29 is 24.2 Å². The van der Waals surface area contributed by atoms with Crippen LogP contribution in [-0.4, -0.2) is 43.4 Å². The number of ether oxygens (including phenoxy) is 2. The van der Waals surface area contributed by atoms with Crippen LogP contribution in [0, 0.1) is 0 Å². The third-order valence-electron chi connectivity index (χ3n) is 5.52. The van der Waals surface area contributed by atoms with Crippen molar-refractivity contribution in [2.75, 3.05) is 19.1 Å². The molecule has 0 aromatic heterocycles. The molecule has 172 valence electrons. The number of benzene rings is 1. The molecule has 1 aromatic carbocycles. The Morgan fingerprint density at radius 2 is 1.78 bits per heavy atom. The van der Waals surface area contributed by atoms with E-state index in [9.17, 15) is 14.7 Å². The fraction of sp³-hybridized carbons (Fsp3) is 0.391. The van der Waals surface area contributed by atoms with E-state index in [0.29, 0.717) is 18.3 Å². The molecule has 0 radical (unpaired) electrons. The second-order valence-electron chi connectivity index (χ2n) is 7.60. The van der Waals surface area contributed by atoms with Crippen LogP contribution in [0.1, 0.15) is 31.2 Å². The van der Waals surface area contributed by atoms with Crippen molar-refractivity contribution in [3.8, 4) is 0 Å². The van der Waals surface area contributed by atoms with Gasteiger partial charge in [0, 0.05) is 27.7 Å². The molecule has 2 N–H and O–H groups in total. The Labute approximate surface area is 204 Å². The number of carbonyl (C=O) groups is 2. The van der Waals surface area contributed by atoms with Gasteiger partial charge in [-0.3, -0.25) is 0 Å². The Bertz CT molecular complexity index is 965. The molecule has 0 amide bonds. The van der Waals surface area contributed by atoms with Gasteiger partial charge in [0.25, 0.3) is 0 Å². The highest BCUT2D eigenvalue weighted by Gasteiger charge is 2.30. The first-order valence-corrected chi connectivity index (χ1v) is 11.9. The Morgan fingerprint density at radius 3 is 2.44 bits per heavy atom. The summed E-state index contributed by atoms with van der Waals surface area (Å²) in [5.74, 6) is -1.29. The number of esters is 2. The highest BCUT2D eigenvalue weighted by molar-refractivity contribution is 9.11. The normalized spacial score (nSPS) is 20.8. The molecule has 9 heteroatoms. The topological polar surface area (TPSA) is 88.1 Å². The molecule has 1 aliphatic carbocycles. The van der Waals surface area contributed by atoms with E-state index in [1.807, 2.05) is 12.1 Å². The van der Waals surface area contributed by atoms with Crippen molar-refractivity contribution in [2.45, 2.75) is 44.4 Å². The SMILES string of the molecule is COC(=O)C1=C(C(=O)OC)N(c2c(Br)cc(Br)cc2CNC2CCC(O)CC2)C=CC=C1. The Kier molecular flexibility index (Phi) is 8.70. The second-order valence-corrected chi connectivity index (χ2v) is 9.37. The van der Waals surface area contributed by atoms with Crippen LogP contribution >= 0.6 is 31.9 Å². The van der Waals surface area contributed by atoms with E-state index < -0.39 is 11.9 Å². The van der Waals surface area contributed by atoms with E-state index in [4.69, 9.17) is 9.47 Å². The van der Waals surface area contributed by atoms with Crippen molar-refractivity contribution in [1.29, 1.82) is 0 Å². The number of rotatable bonds is 6. The molecule has 3 rings (SSSR count). The van der Waals surface area contributed by atoms with Crippen molar-refractivity contribution >= 4 is 49.5 Å². The van der Waals surface area contributed by atoms with Crippen molar-refractivity contribution in [2.24, 2.45) is 0 Å². The number of methoxy groups -OCH3 is 2. The lowest BCUT2D eigenvalue weighted by Gasteiger charge is -2.29. The average molecular weight is 570 g/mol. The zero-order valence-electron chi connectivity index (χ0n) is 17.9. The van der Waals surface area contributed by atoms with E-state index >= 15 is 0 Å². The first-order valence-electron chi connectivity index (χ1n) is 10.3. The van der Waals surface area contributed by atoms with Gasteiger partial charge in [-0.1, -0.05) is 22.0 Å². The molecule has 1 aliphatic heterocycles. The average Bonchev–Trinajstić information content (AvgIpc) is 3.00. The number of anilines is 1. The van der Waals surface area contributed by atoms with E-state index in [2.05, 4.69) is 37.2 Å². The summed E-state index contributed by atoms with van der Waals surface area (Å²) in [5, 5.41) is 13.3. The summed E-state index contributed by atoms with van der Waals surface area (Å²) in [6, 6.07) is 4.16. The predicted octanol–water partition coefficient (Wildman–Crippen LogP) is 4.09. The fourth-order valence-electron chi connectivity index (χ4n) is 3.89. The second kappa shape index (κ2) is 11.3. The first kappa shape index (κ1) is 24.7. The van der Waals surface area contributed by atoms with Crippen LogP contribution in [0.25, 0.3) is 0 Å². The molecule has 0 atom stereocenters. The minimum atomic E-state index is -0.656. The molecule has 2 aliphatic rings. The minimum absolute atomic E-state index is 0.0643. The van der Waals surface area contributed by atoms with Crippen LogP contribution in [0.5, 0.6) is 0 Å². The zero-order chi connectivity index (χ0) is 23.3. The summed E-state index contributed by atoms with van der Waals surface area (Å²) in [6.07, 6.45) is 9.82. The lowest BCUT2D eigenvalue weighted by Crippen LogP contribution is -2.35. The lowest BCUT2D eigenvalue weighted by molar-refractivity contribution is -0.139. The van der Waals surface area contributed by atoms with Gasteiger partial charge in [-0.05, 0) is 71.5 Å². The molecule has 0 bridgehead atoms. The minimum Gasteiger partial charge on any atom is -0.465 e. The third kappa shape index (κ3) is 5.70. The Morgan fingerprint density at radius 1 is 1.09 bits per heavy atom. The number of hydrogen-bond donors (Lipinski definition) is 2. The van der Waals surface area contributed by atoms with Gasteiger partial charge >= 0.3 is 11.9 Å². The molecular weight excluding hydrogens is 544 g/mol. The quantitative estimate of drug-likeness (QED) is 0.499. The van der Waals surface area contributed by atoms with Gasteiger partial charge in [-0.25, -0.2) is 9.59 Å². The number of nitrogens with one attached hydrogen (secondary N) is 1. The number of aliphatic hydroxyl groups excluding tert-OH is 1. The van der Waals surface area contributed by atoms with Gasteiger partial charge < -0.3 is 24.8 Å². The number of carbonyl (C=O) groups excluding carboxylic acids is 2. The number of allylic oxidation sites excluding steroid dienone is 2. The monoisotopic (exact) mass is 568 g/mol. The van der Waals surface area contributed by atoms with Crippen LogP contribution in [0.4, 0.5) is 5.69 Å². The lowest BCUT2D eigenvalue weighted by atomic mass is 9.93. The maximum absolute atomic E-state index is 12.8. The summed E-state index contributed by atoms with van der Waals surface area (Å²) >= 11 is 7.17. The first-order chi connectivity index (χ1) is 15.3. The van der Waals surface area contributed by atoms with Crippen LogP contribution in [0.2, 0.25) is 0 Å². The van der Waals surface area contributed by atoms with Gasteiger partial charge in [-0.2, -0.15) is 0 Å². The van der Waals surface area contributed by atoms with E-state index in [0.717, 1.165) is 40.2 Å². The standard InChI is InChI=1S/C23H26Br2N2O5/c1-31-22(29)18-5-3-4-10-27(21(18)23(30)32-2)20-14(11-15(24)12-19(20)25)13-26-16-6-8-17(28)9-7-16/h3-5,10-12,16-17,26,28H,6-9,13H2,1-2H3. The summed E-state index contributed by atoms with van der Waals surface area (Å²) in [6.45, 7) is 0.536. The van der Waals surface area contributed by atoms with Gasteiger partial charge in [0.1, 0.15) is 5.70 Å².